The Kier molecular flexibility index (Phi) is 8.75. The lowest BCUT2D eigenvalue weighted by molar-refractivity contribution is -0.114. The zero-order chi connectivity index (χ0) is 20.1. The standard InChI is InChI=1S/C19H26N4O3S.HI/c1-5-15-8-7-9-16(12-15)22-17(24)13-21-18(20-6-2)23-10-11-27(25,26)19(3,4)14-23;/h1,7-9,12H,6,10-11,13-14H2,2-4H3,(H,20,21)(H,22,24);1H. The predicted octanol–water partition coefficient (Wildman–Crippen LogP) is 1.70. The van der Waals surface area contributed by atoms with Crippen LogP contribution in [0.15, 0.2) is 29.3 Å². The van der Waals surface area contributed by atoms with Crippen LogP contribution in [0.5, 0.6) is 0 Å². The molecular weight excluding hydrogens is 491 g/mol. The smallest absolute Gasteiger partial charge is 0.246 e. The summed E-state index contributed by atoms with van der Waals surface area (Å²) < 4.78 is 23.5. The lowest BCUT2D eigenvalue weighted by Gasteiger charge is -2.39. The zero-order valence-electron chi connectivity index (χ0n) is 16.4. The van der Waals surface area contributed by atoms with Crippen molar-refractivity contribution in [2.75, 3.05) is 37.2 Å². The molecule has 0 radical (unpaired) electrons. The molecule has 1 aromatic carbocycles. The van der Waals surface area contributed by atoms with Crippen LogP contribution in [0.25, 0.3) is 0 Å². The number of carbonyl (C=O) groups excluding carboxylic acids is 1. The van der Waals surface area contributed by atoms with Crippen LogP contribution in [-0.2, 0) is 14.6 Å². The maximum Gasteiger partial charge on any atom is 0.246 e. The van der Waals surface area contributed by atoms with E-state index in [9.17, 15) is 13.2 Å². The molecule has 0 aliphatic carbocycles. The number of rotatable bonds is 4. The molecule has 0 spiro atoms. The Labute approximate surface area is 184 Å². The van der Waals surface area contributed by atoms with Crippen molar-refractivity contribution in [3.05, 3.63) is 29.8 Å². The predicted molar refractivity (Wildman–Crippen MR) is 124 cm³/mol. The summed E-state index contributed by atoms with van der Waals surface area (Å²) in [7, 11) is -3.14. The third-order valence-electron chi connectivity index (χ3n) is 4.36. The number of terminal acetylenes is 1. The minimum atomic E-state index is -3.14. The van der Waals surface area contributed by atoms with E-state index in [-0.39, 0.29) is 42.2 Å². The summed E-state index contributed by atoms with van der Waals surface area (Å²) in [6, 6.07) is 7.02. The molecule has 1 amide bonds. The molecular formula is C19H27IN4O3S. The van der Waals surface area contributed by atoms with Gasteiger partial charge in [0.2, 0.25) is 5.91 Å². The van der Waals surface area contributed by atoms with Crippen LogP contribution >= 0.6 is 24.0 Å². The first-order chi connectivity index (χ1) is 12.7. The van der Waals surface area contributed by atoms with E-state index >= 15 is 0 Å². The molecule has 9 heteroatoms. The van der Waals surface area contributed by atoms with Crippen molar-refractivity contribution >= 4 is 51.4 Å². The molecule has 0 atom stereocenters. The number of guanidine groups is 1. The van der Waals surface area contributed by atoms with E-state index in [0.29, 0.717) is 36.8 Å². The van der Waals surface area contributed by atoms with Gasteiger partial charge in [0.1, 0.15) is 6.54 Å². The highest BCUT2D eigenvalue weighted by atomic mass is 127. The van der Waals surface area contributed by atoms with Crippen LogP contribution in [0.2, 0.25) is 0 Å². The molecule has 1 saturated heterocycles. The minimum Gasteiger partial charge on any atom is -0.357 e. The van der Waals surface area contributed by atoms with Crippen molar-refractivity contribution in [2.24, 2.45) is 4.99 Å². The third-order valence-corrected chi connectivity index (χ3v) is 6.90. The Bertz CT molecular complexity index is 875. The molecule has 1 aromatic rings. The fourth-order valence-electron chi connectivity index (χ4n) is 2.78. The van der Waals surface area contributed by atoms with Gasteiger partial charge < -0.3 is 15.5 Å². The maximum absolute atomic E-state index is 12.2. The van der Waals surface area contributed by atoms with Crippen LogP contribution in [0.1, 0.15) is 26.3 Å². The van der Waals surface area contributed by atoms with Crippen LogP contribution in [0.4, 0.5) is 5.69 Å². The summed E-state index contributed by atoms with van der Waals surface area (Å²) in [5.41, 5.74) is 1.29. The highest BCUT2D eigenvalue weighted by molar-refractivity contribution is 14.0. The summed E-state index contributed by atoms with van der Waals surface area (Å²) in [6.07, 6.45) is 5.36. The molecule has 0 saturated carbocycles. The van der Waals surface area contributed by atoms with E-state index in [4.69, 9.17) is 6.42 Å². The Morgan fingerprint density at radius 1 is 1.39 bits per heavy atom. The number of hydrogen-bond donors (Lipinski definition) is 2. The Hall–Kier alpha value is -1.80. The number of aliphatic imine (C=N–C) groups is 1. The molecule has 1 fully saturated rings. The third kappa shape index (κ3) is 6.10. The van der Waals surface area contributed by atoms with Gasteiger partial charge in [0, 0.05) is 30.9 Å². The van der Waals surface area contributed by atoms with Crippen LogP contribution in [0, 0.1) is 12.3 Å². The van der Waals surface area contributed by atoms with Gasteiger partial charge in [-0.1, -0.05) is 12.0 Å². The molecule has 2 N–H and O–H groups in total. The van der Waals surface area contributed by atoms with E-state index in [1.807, 2.05) is 11.8 Å². The first kappa shape index (κ1) is 24.2. The van der Waals surface area contributed by atoms with Crippen molar-refractivity contribution in [3.63, 3.8) is 0 Å². The van der Waals surface area contributed by atoms with Crippen molar-refractivity contribution in [2.45, 2.75) is 25.5 Å². The molecule has 0 aromatic heterocycles. The van der Waals surface area contributed by atoms with E-state index < -0.39 is 14.6 Å². The first-order valence-corrected chi connectivity index (χ1v) is 10.5. The van der Waals surface area contributed by atoms with E-state index in [1.165, 1.54) is 0 Å². The number of anilines is 1. The minimum absolute atomic E-state index is 0. The number of halogens is 1. The number of nitrogens with zero attached hydrogens (tertiary/aromatic N) is 2. The number of hydrogen-bond acceptors (Lipinski definition) is 4. The van der Waals surface area contributed by atoms with Crippen LogP contribution in [-0.4, -0.2) is 61.9 Å². The second-order valence-electron chi connectivity index (χ2n) is 6.94. The topological polar surface area (TPSA) is 90.9 Å². The zero-order valence-corrected chi connectivity index (χ0v) is 19.5. The molecule has 1 aliphatic heterocycles. The van der Waals surface area contributed by atoms with E-state index in [0.717, 1.165) is 0 Å². The lowest BCUT2D eigenvalue weighted by atomic mass is 10.2. The number of amides is 1. The quantitative estimate of drug-likeness (QED) is 0.274. The van der Waals surface area contributed by atoms with Gasteiger partial charge in [0.25, 0.3) is 0 Å². The fraction of sp³-hybridized carbons (Fsp3) is 0.474. The van der Waals surface area contributed by atoms with Gasteiger partial charge in [0.15, 0.2) is 15.8 Å². The van der Waals surface area contributed by atoms with Crippen LogP contribution < -0.4 is 10.6 Å². The van der Waals surface area contributed by atoms with Gasteiger partial charge in [-0.25, -0.2) is 13.4 Å². The summed E-state index contributed by atoms with van der Waals surface area (Å²) in [5, 5.41) is 5.89. The monoisotopic (exact) mass is 518 g/mol. The number of sulfone groups is 1. The molecule has 7 nitrogen and oxygen atoms in total. The molecule has 1 aliphatic rings. The molecule has 0 unspecified atom stereocenters. The average molecular weight is 518 g/mol. The Morgan fingerprint density at radius 2 is 2.11 bits per heavy atom. The van der Waals surface area contributed by atoms with Gasteiger partial charge in [-0.05, 0) is 39.0 Å². The molecule has 2 rings (SSSR count). The van der Waals surface area contributed by atoms with Crippen molar-refractivity contribution < 1.29 is 13.2 Å². The molecule has 1 heterocycles. The number of carbonyl (C=O) groups is 1. The highest BCUT2D eigenvalue weighted by Gasteiger charge is 2.40. The number of nitrogens with one attached hydrogen (secondary N) is 2. The van der Waals surface area contributed by atoms with Gasteiger partial charge in [-0.3, -0.25) is 4.79 Å². The summed E-state index contributed by atoms with van der Waals surface area (Å²) in [6.45, 7) is 6.57. The first-order valence-electron chi connectivity index (χ1n) is 8.80. The van der Waals surface area contributed by atoms with Crippen molar-refractivity contribution in [1.29, 1.82) is 0 Å². The maximum atomic E-state index is 12.2. The summed E-state index contributed by atoms with van der Waals surface area (Å²) in [5.74, 6) is 2.85. The second-order valence-corrected chi connectivity index (χ2v) is 9.69. The molecule has 0 bridgehead atoms. The van der Waals surface area contributed by atoms with Gasteiger partial charge in [0.05, 0.1) is 10.5 Å². The second kappa shape index (κ2) is 10.1. The van der Waals surface area contributed by atoms with Gasteiger partial charge in [-0.15, -0.1) is 30.4 Å². The normalized spacial score (nSPS) is 17.8. The van der Waals surface area contributed by atoms with Crippen LogP contribution in [0.3, 0.4) is 0 Å². The van der Waals surface area contributed by atoms with E-state index in [1.54, 1.807) is 38.1 Å². The van der Waals surface area contributed by atoms with E-state index in [2.05, 4.69) is 21.5 Å². The Balaban J connectivity index is 0.00000392. The number of benzene rings is 1. The van der Waals surface area contributed by atoms with Gasteiger partial charge >= 0.3 is 0 Å². The molecule has 28 heavy (non-hydrogen) atoms. The Morgan fingerprint density at radius 3 is 2.71 bits per heavy atom. The van der Waals surface area contributed by atoms with Gasteiger partial charge in [-0.2, -0.15) is 0 Å². The van der Waals surface area contributed by atoms with Crippen molar-refractivity contribution in [3.8, 4) is 12.3 Å². The van der Waals surface area contributed by atoms with Crippen molar-refractivity contribution in [1.82, 2.24) is 10.2 Å². The average Bonchev–Trinajstić information content (AvgIpc) is 2.61. The summed E-state index contributed by atoms with van der Waals surface area (Å²) >= 11 is 0. The highest BCUT2D eigenvalue weighted by Crippen LogP contribution is 2.23. The fourth-order valence-corrected chi connectivity index (χ4v) is 4.15. The SMILES string of the molecule is C#Cc1cccc(NC(=O)CN=C(NCC)N2CCS(=O)(=O)C(C)(C)C2)c1.I. The lowest BCUT2D eigenvalue weighted by Crippen LogP contribution is -2.57. The molecule has 154 valence electrons. The summed E-state index contributed by atoms with van der Waals surface area (Å²) in [4.78, 5) is 18.5. The largest absolute Gasteiger partial charge is 0.357 e.